The molecule has 0 heterocycles. The van der Waals surface area contributed by atoms with Gasteiger partial charge in [-0.1, -0.05) is 45.0 Å². The molecule has 3 N–H and O–H groups in total. The highest BCUT2D eigenvalue weighted by Gasteiger charge is 2.31. The third-order valence-corrected chi connectivity index (χ3v) is 3.58. The molecule has 0 bridgehead atoms. The summed E-state index contributed by atoms with van der Waals surface area (Å²) in [6.07, 6.45) is 1.77. The van der Waals surface area contributed by atoms with E-state index >= 15 is 0 Å². The van der Waals surface area contributed by atoms with Crippen LogP contribution in [0.3, 0.4) is 0 Å². The van der Waals surface area contributed by atoms with Crippen molar-refractivity contribution < 1.29 is 4.79 Å². The minimum Gasteiger partial charge on any atom is -0.354 e. The molecule has 0 saturated carbocycles. The highest BCUT2D eigenvalue weighted by molar-refractivity contribution is 5.86. The third-order valence-electron chi connectivity index (χ3n) is 3.58. The average molecular weight is 260 g/mol. The minimum absolute atomic E-state index is 0.0260. The molecule has 0 fully saturated rings. The molecule has 0 aromatic heterocycles. The van der Waals surface area contributed by atoms with E-state index in [1.54, 1.807) is 0 Å². The standard InChI is InChI=1S/C16H24N2O/c1-16(2,3)9-12(17)10-18-15(19)14-8-11-6-4-5-7-13(11)14/h4-7,12,14H,8-10,17H2,1-3H3,(H,18,19). The van der Waals surface area contributed by atoms with Crippen LogP contribution in [0.25, 0.3) is 0 Å². The lowest BCUT2D eigenvalue weighted by molar-refractivity contribution is -0.123. The molecule has 3 nitrogen and oxygen atoms in total. The van der Waals surface area contributed by atoms with Gasteiger partial charge in [-0.05, 0) is 29.4 Å². The summed E-state index contributed by atoms with van der Waals surface area (Å²) < 4.78 is 0. The Morgan fingerprint density at radius 1 is 1.42 bits per heavy atom. The Morgan fingerprint density at radius 2 is 2.11 bits per heavy atom. The first kappa shape index (κ1) is 14.1. The molecule has 0 radical (unpaired) electrons. The van der Waals surface area contributed by atoms with Gasteiger partial charge in [0.2, 0.25) is 5.91 Å². The van der Waals surface area contributed by atoms with E-state index < -0.39 is 0 Å². The molecular weight excluding hydrogens is 236 g/mol. The molecule has 1 aliphatic carbocycles. The molecule has 2 atom stereocenters. The first-order valence-corrected chi connectivity index (χ1v) is 6.98. The first-order chi connectivity index (χ1) is 8.87. The van der Waals surface area contributed by atoms with E-state index in [0.717, 1.165) is 12.8 Å². The molecule has 1 aromatic carbocycles. The predicted octanol–water partition coefficient (Wildman–Crippen LogP) is 2.21. The number of carbonyl (C=O) groups excluding carboxylic acids is 1. The van der Waals surface area contributed by atoms with Gasteiger partial charge >= 0.3 is 0 Å². The van der Waals surface area contributed by atoms with Crippen LogP contribution in [0.4, 0.5) is 0 Å². The van der Waals surface area contributed by atoms with Crippen molar-refractivity contribution in [3.63, 3.8) is 0 Å². The van der Waals surface area contributed by atoms with Gasteiger partial charge in [-0.15, -0.1) is 0 Å². The van der Waals surface area contributed by atoms with Crippen molar-refractivity contribution in [3.8, 4) is 0 Å². The molecule has 2 unspecified atom stereocenters. The quantitative estimate of drug-likeness (QED) is 0.872. The summed E-state index contributed by atoms with van der Waals surface area (Å²) in [4.78, 5) is 12.1. The Hall–Kier alpha value is -1.35. The molecule has 1 aliphatic rings. The fraction of sp³-hybridized carbons (Fsp3) is 0.562. The normalized spacial score (nSPS) is 19.3. The van der Waals surface area contributed by atoms with E-state index in [1.807, 2.05) is 18.2 Å². The number of nitrogens with two attached hydrogens (primary N) is 1. The zero-order valence-corrected chi connectivity index (χ0v) is 12.1. The minimum atomic E-state index is 0.0260. The Bertz CT molecular complexity index is 462. The number of hydrogen-bond acceptors (Lipinski definition) is 2. The third kappa shape index (κ3) is 3.57. The van der Waals surface area contributed by atoms with Gasteiger partial charge in [0.1, 0.15) is 0 Å². The molecule has 0 saturated heterocycles. The van der Waals surface area contributed by atoms with Crippen LogP contribution in [-0.2, 0) is 11.2 Å². The van der Waals surface area contributed by atoms with Crippen LogP contribution < -0.4 is 11.1 Å². The Morgan fingerprint density at radius 3 is 2.74 bits per heavy atom. The van der Waals surface area contributed by atoms with E-state index in [-0.39, 0.29) is 23.3 Å². The Kier molecular flexibility index (Phi) is 3.95. The monoisotopic (exact) mass is 260 g/mol. The molecule has 0 spiro atoms. The summed E-state index contributed by atoms with van der Waals surface area (Å²) in [6, 6.07) is 8.16. The van der Waals surface area contributed by atoms with Crippen LogP contribution >= 0.6 is 0 Å². The second-order valence-electron chi connectivity index (χ2n) is 6.73. The van der Waals surface area contributed by atoms with E-state index in [4.69, 9.17) is 5.73 Å². The molecule has 2 rings (SSSR count). The summed E-state index contributed by atoms with van der Waals surface area (Å²) in [5, 5.41) is 2.98. The van der Waals surface area contributed by atoms with Crippen LogP contribution in [0.5, 0.6) is 0 Å². The fourth-order valence-corrected chi connectivity index (χ4v) is 2.71. The first-order valence-electron chi connectivity index (χ1n) is 6.98. The second-order valence-corrected chi connectivity index (χ2v) is 6.73. The van der Waals surface area contributed by atoms with Crippen molar-refractivity contribution in [2.45, 2.75) is 45.6 Å². The van der Waals surface area contributed by atoms with Crippen molar-refractivity contribution in [1.82, 2.24) is 5.32 Å². The van der Waals surface area contributed by atoms with Crippen molar-refractivity contribution in [3.05, 3.63) is 35.4 Å². The summed E-state index contributed by atoms with van der Waals surface area (Å²) in [5.41, 5.74) is 8.71. The van der Waals surface area contributed by atoms with Crippen molar-refractivity contribution in [2.75, 3.05) is 6.54 Å². The largest absolute Gasteiger partial charge is 0.354 e. The summed E-state index contributed by atoms with van der Waals surface area (Å²) in [5.74, 6) is 0.140. The second kappa shape index (κ2) is 5.33. The van der Waals surface area contributed by atoms with Crippen molar-refractivity contribution >= 4 is 5.91 Å². The van der Waals surface area contributed by atoms with Crippen LogP contribution in [0.1, 0.15) is 44.2 Å². The van der Waals surface area contributed by atoms with Gasteiger partial charge in [0, 0.05) is 12.6 Å². The molecule has 1 amide bonds. The molecular formula is C16H24N2O. The maximum absolute atomic E-state index is 12.1. The smallest absolute Gasteiger partial charge is 0.227 e. The molecule has 3 heteroatoms. The maximum Gasteiger partial charge on any atom is 0.227 e. The number of hydrogen-bond donors (Lipinski definition) is 2. The van der Waals surface area contributed by atoms with Crippen LogP contribution in [0.15, 0.2) is 24.3 Å². The summed E-state index contributed by atoms with van der Waals surface area (Å²) in [6.45, 7) is 7.05. The average Bonchev–Trinajstić information content (AvgIpc) is 2.26. The van der Waals surface area contributed by atoms with Crippen LogP contribution in [-0.4, -0.2) is 18.5 Å². The summed E-state index contributed by atoms with van der Waals surface area (Å²) in [7, 11) is 0. The van der Waals surface area contributed by atoms with Crippen molar-refractivity contribution in [1.29, 1.82) is 0 Å². The van der Waals surface area contributed by atoms with Gasteiger partial charge in [-0.2, -0.15) is 0 Å². The zero-order chi connectivity index (χ0) is 14.0. The van der Waals surface area contributed by atoms with E-state index in [1.165, 1.54) is 11.1 Å². The molecule has 1 aromatic rings. The lowest BCUT2D eigenvalue weighted by Gasteiger charge is -2.30. The Balaban J connectivity index is 1.81. The topological polar surface area (TPSA) is 55.1 Å². The van der Waals surface area contributed by atoms with Crippen LogP contribution in [0.2, 0.25) is 0 Å². The van der Waals surface area contributed by atoms with E-state index in [2.05, 4.69) is 32.2 Å². The molecule has 19 heavy (non-hydrogen) atoms. The highest BCUT2D eigenvalue weighted by Crippen LogP contribution is 2.34. The lowest BCUT2D eigenvalue weighted by atomic mass is 9.77. The summed E-state index contributed by atoms with van der Waals surface area (Å²) >= 11 is 0. The van der Waals surface area contributed by atoms with E-state index in [0.29, 0.717) is 6.54 Å². The Labute approximate surface area is 115 Å². The molecule has 104 valence electrons. The number of fused-ring (bicyclic) bond motifs is 1. The zero-order valence-electron chi connectivity index (χ0n) is 12.1. The fourth-order valence-electron chi connectivity index (χ4n) is 2.71. The SMILES string of the molecule is CC(C)(C)CC(N)CNC(=O)C1Cc2ccccc21. The van der Waals surface area contributed by atoms with Gasteiger partial charge in [0.25, 0.3) is 0 Å². The van der Waals surface area contributed by atoms with Crippen LogP contribution in [0, 0.1) is 5.41 Å². The number of benzene rings is 1. The number of amides is 1. The van der Waals surface area contributed by atoms with Crippen molar-refractivity contribution in [2.24, 2.45) is 11.1 Å². The number of nitrogens with one attached hydrogen (secondary N) is 1. The van der Waals surface area contributed by atoms with Gasteiger partial charge in [-0.25, -0.2) is 0 Å². The number of carbonyl (C=O) groups is 1. The van der Waals surface area contributed by atoms with Gasteiger partial charge < -0.3 is 11.1 Å². The predicted molar refractivity (Wildman–Crippen MR) is 77.9 cm³/mol. The highest BCUT2D eigenvalue weighted by atomic mass is 16.1. The van der Waals surface area contributed by atoms with Gasteiger partial charge in [0.15, 0.2) is 0 Å². The maximum atomic E-state index is 12.1. The van der Waals surface area contributed by atoms with E-state index in [9.17, 15) is 4.79 Å². The molecule has 0 aliphatic heterocycles. The number of rotatable bonds is 4. The van der Waals surface area contributed by atoms with Gasteiger partial charge in [0.05, 0.1) is 5.92 Å². The van der Waals surface area contributed by atoms with Gasteiger partial charge in [-0.3, -0.25) is 4.79 Å². The lowest BCUT2D eigenvalue weighted by Crippen LogP contribution is -2.43.